The molecule has 1 N–H and O–H groups in total. The highest BCUT2D eigenvalue weighted by Gasteiger charge is 2.30. The van der Waals surface area contributed by atoms with E-state index < -0.39 is 5.60 Å². The fourth-order valence-corrected chi connectivity index (χ4v) is 3.06. The molecule has 1 amide bonds. The van der Waals surface area contributed by atoms with Crippen LogP contribution in [0.4, 0.5) is 5.69 Å². The molecule has 0 aliphatic heterocycles. The third kappa shape index (κ3) is 4.11. The molecule has 0 fully saturated rings. The van der Waals surface area contributed by atoms with Crippen LogP contribution in [-0.2, 0) is 4.79 Å². The molecule has 0 atom stereocenters. The molecule has 0 aliphatic rings. The molecule has 2 aromatic heterocycles. The van der Waals surface area contributed by atoms with Crippen molar-refractivity contribution >= 4 is 28.8 Å². The maximum absolute atomic E-state index is 12.8. The van der Waals surface area contributed by atoms with Gasteiger partial charge in [0.05, 0.1) is 5.69 Å². The van der Waals surface area contributed by atoms with Crippen LogP contribution in [0.2, 0.25) is 5.02 Å². The van der Waals surface area contributed by atoms with E-state index in [0.717, 1.165) is 11.3 Å². The highest BCUT2D eigenvalue weighted by molar-refractivity contribution is 6.30. The van der Waals surface area contributed by atoms with E-state index in [2.05, 4.69) is 20.6 Å². The van der Waals surface area contributed by atoms with Gasteiger partial charge in [0.2, 0.25) is 0 Å². The number of fused-ring (bicyclic) bond motifs is 1. The standard InChI is InChI=1S/C22H20ClN5O2/c1-14-25-26-20-12-11-19(27-28(14)20)15-5-4-6-17(13-15)24-21(29)22(2,3)30-18-9-7-16(23)8-10-18/h4-13H,1-3H3,(H,24,29). The highest BCUT2D eigenvalue weighted by atomic mass is 35.5. The lowest BCUT2D eigenvalue weighted by Gasteiger charge is -2.25. The number of hydrogen-bond donors (Lipinski definition) is 1. The fraction of sp³-hybridized carbons (Fsp3) is 0.182. The predicted molar refractivity (Wildman–Crippen MR) is 116 cm³/mol. The lowest BCUT2D eigenvalue weighted by Crippen LogP contribution is -2.42. The van der Waals surface area contributed by atoms with Crippen LogP contribution in [0.3, 0.4) is 0 Å². The Hall–Kier alpha value is -3.45. The Kier molecular flexibility index (Phi) is 5.13. The molecule has 0 saturated carbocycles. The molecular weight excluding hydrogens is 402 g/mol. The fourth-order valence-electron chi connectivity index (χ4n) is 2.93. The summed E-state index contributed by atoms with van der Waals surface area (Å²) in [5.41, 5.74) is 1.85. The largest absolute Gasteiger partial charge is 0.478 e. The summed E-state index contributed by atoms with van der Waals surface area (Å²) in [7, 11) is 0. The molecule has 0 radical (unpaired) electrons. The molecule has 0 aliphatic carbocycles. The van der Waals surface area contributed by atoms with Crippen LogP contribution in [0.1, 0.15) is 19.7 Å². The Labute approximate surface area is 178 Å². The van der Waals surface area contributed by atoms with Gasteiger partial charge in [-0.3, -0.25) is 4.79 Å². The number of anilines is 1. The van der Waals surface area contributed by atoms with E-state index in [1.165, 1.54) is 0 Å². The molecule has 4 aromatic rings. The molecule has 2 aromatic carbocycles. The molecule has 0 unspecified atom stereocenters. The number of nitrogens with zero attached hydrogens (tertiary/aromatic N) is 4. The number of aromatic nitrogens is 4. The third-order valence-electron chi connectivity index (χ3n) is 4.57. The minimum absolute atomic E-state index is 0.271. The van der Waals surface area contributed by atoms with Crippen molar-refractivity contribution in [2.75, 3.05) is 5.32 Å². The Morgan fingerprint density at radius 2 is 1.83 bits per heavy atom. The van der Waals surface area contributed by atoms with Crippen LogP contribution in [0, 0.1) is 6.92 Å². The first-order valence-corrected chi connectivity index (χ1v) is 9.75. The normalized spacial score (nSPS) is 11.5. The number of rotatable bonds is 5. The molecule has 152 valence electrons. The number of benzene rings is 2. The number of aryl methyl sites for hydroxylation is 1. The molecule has 0 spiro atoms. The van der Waals surface area contributed by atoms with Gasteiger partial charge in [-0.05, 0) is 69.3 Å². The SMILES string of the molecule is Cc1nnc2ccc(-c3cccc(NC(=O)C(C)(C)Oc4ccc(Cl)cc4)c3)nn12. The monoisotopic (exact) mass is 421 g/mol. The second kappa shape index (κ2) is 7.76. The predicted octanol–water partition coefficient (Wildman–Crippen LogP) is 4.55. The molecule has 0 bridgehead atoms. The van der Waals surface area contributed by atoms with Gasteiger partial charge in [0.1, 0.15) is 5.75 Å². The molecule has 7 nitrogen and oxygen atoms in total. The van der Waals surface area contributed by atoms with E-state index in [0.29, 0.717) is 27.9 Å². The molecule has 8 heteroatoms. The number of carbonyl (C=O) groups is 1. The average molecular weight is 422 g/mol. The van der Waals surface area contributed by atoms with Gasteiger partial charge < -0.3 is 10.1 Å². The number of halogens is 1. The highest BCUT2D eigenvalue weighted by Crippen LogP contribution is 2.24. The number of nitrogens with one attached hydrogen (secondary N) is 1. The van der Waals surface area contributed by atoms with Crippen molar-refractivity contribution < 1.29 is 9.53 Å². The summed E-state index contributed by atoms with van der Waals surface area (Å²) in [6.07, 6.45) is 0. The average Bonchev–Trinajstić information content (AvgIpc) is 3.10. The summed E-state index contributed by atoms with van der Waals surface area (Å²) in [6.45, 7) is 5.27. The summed E-state index contributed by atoms with van der Waals surface area (Å²) in [5.74, 6) is 1.00. The zero-order chi connectivity index (χ0) is 21.3. The van der Waals surface area contributed by atoms with Crippen molar-refractivity contribution in [1.82, 2.24) is 19.8 Å². The molecule has 2 heterocycles. The first kappa shape index (κ1) is 19.8. The van der Waals surface area contributed by atoms with Crippen LogP contribution in [0.25, 0.3) is 16.9 Å². The van der Waals surface area contributed by atoms with E-state index in [1.54, 1.807) is 42.6 Å². The maximum Gasteiger partial charge on any atom is 0.267 e. The van der Waals surface area contributed by atoms with Gasteiger partial charge in [-0.2, -0.15) is 9.61 Å². The van der Waals surface area contributed by atoms with Crippen LogP contribution in [0.15, 0.2) is 60.7 Å². The van der Waals surface area contributed by atoms with Gasteiger partial charge in [-0.25, -0.2) is 0 Å². The number of ether oxygens (including phenoxy) is 1. The summed E-state index contributed by atoms with van der Waals surface area (Å²) >= 11 is 5.90. The van der Waals surface area contributed by atoms with Gasteiger partial charge in [0.15, 0.2) is 17.1 Å². The van der Waals surface area contributed by atoms with Crippen molar-refractivity contribution in [1.29, 1.82) is 0 Å². The van der Waals surface area contributed by atoms with Gasteiger partial charge in [-0.15, -0.1) is 10.2 Å². The smallest absolute Gasteiger partial charge is 0.267 e. The number of carbonyl (C=O) groups excluding carboxylic acids is 1. The zero-order valence-electron chi connectivity index (χ0n) is 16.8. The summed E-state index contributed by atoms with van der Waals surface area (Å²) in [6, 6.07) is 18.1. The summed E-state index contributed by atoms with van der Waals surface area (Å²) in [5, 5.41) is 16.2. The summed E-state index contributed by atoms with van der Waals surface area (Å²) in [4.78, 5) is 12.8. The van der Waals surface area contributed by atoms with Crippen molar-refractivity contribution in [2.45, 2.75) is 26.4 Å². The molecule has 4 rings (SSSR count). The summed E-state index contributed by atoms with van der Waals surface area (Å²) < 4.78 is 7.54. The van der Waals surface area contributed by atoms with Crippen molar-refractivity contribution in [3.8, 4) is 17.0 Å². The second-order valence-corrected chi connectivity index (χ2v) is 7.77. The lowest BCUT2D eigenvalue weighted by atomic mass is 10.1. The van der Waals surface area contributed by atoms with Gasteiger partial charge >= 0.3 is 0 Å². The first-order chi connectivity index (χ1) is 14.3. The Morgan fingerprint density at radius 1 is 1.07 bits per heavy atom. The van der Waals surface area contributed by atoms with E-state index in [9.17, 15) is 4.79 Å². The van der Waals surface area contributed by atoms with Gasteiger partial charge in [0, 0.05) is 16.3 Å². The Bertz CT molecular complexity index is 1220. The zero-order valence-corrected chi connectivity index (χ0v) is 17.5. The van der Waals surface area contributed by atoms with Crippen LogP contribution >= 0.6 is 11.6 Å². The quantitative estimate of drug-likeness (QED) is 0.511. The van der Waals surface area contributed by atoms with E-state index in [1.807, 2.05) is 43.3 Å². The van der Waals surface area contributed by atoms with E-state index >= 15 is 0 Å². The molecule has 0 saturated heterocycles. The van der Waals surface area contributed by atoms with Crippen molar-refractivity contribution in [2.24, 2.45) is 0 Å². The van der Waals surface area contributed by atoms with Crippen molar-refractivity contribution in [3.63, 3.8) is 0 Å². The number of hydrogen-bond acceptors (Lipinski definition) is 5. The topological polar surface area (TPSA) is 81.4 Å². The molecular formula is C22H20ClN5O2. The minimum Gasteiger partial charge on any atom is -0.478 e. The maximum atomic E-state index is 12.8. The van der Waals surface area contributed by atoms with E-state index in [4.69, 9.17) is 16.3 Å². The first-order valence-electron chi connectivity index (χ1n) is 9.37. The lowest BCUT2D eigenvalue weighted by molar-refractivity contribution is -0.128. The molecule has 30 heavy (non-hydrogen) atoms. The van der Waals surface area contributed by atoms with Crippen LogP contribution in [0.5, 0.6) is 5.75 Å². The Morgan fingerprint density at radius 3 is 2.60 bits per heavy atom. The number of amides is 1. The van der Waals surface area contributed by atoms with Gasteiger partial charge in [0.25, 0.3) is 5.91 Å². The van der Waals surface area contributed by atoms with Crippen LogP contribution in [-0.4, -0.2) is 31.3 Å². The Balaban J connectivity index is 1.53. The second-order valence-electron chi connectivity index (χ2n) is 7.34. The van der Waals surface area contributed by atoms with Crippen LogP contribution < -0.4 is 10.1 Å². The van der Waals surface area contributed by atoms with Crippen molar-refractivity contribution in [3.05, 3.63) is 71.5 Å². The minimum atomic E-state index is -1.08. The van der Waals surface area contributed by atoms with Gasteiger partial charge in [-0.1, -0.05) is 23.7 Å². The third-order valence-corrected chi connectivity index (χ3v) is 4.82. The van der Waals surface area contributed by atoms with E-state index in [-0.39, 0.29) is 5.91 Å².